The minimum absolute atomic E-state index is 0.00289. The van der Waals surface area contributed by atoms with E-state index in [2.05, 4.69) is 42.6 Å². The predicted octanol–water partition coefficient (Wildman–Crippen LogP) is 4.44. The van der Waals surface area contributed by atoms with Crippen molar-refractivity contribution in [2.24, 2.45) is 5.92 Å². The van der Waals surface area contributed by atoms with Crippen LogP contribution in [0, 0.1) is 5.92 Å². The van der Waals surface area contributed by atoms with E-state index in [0.717, 1.165) is 25.2 Å². The monoisotopic (exact) mass is 355 g/mol. The summed E-state index contributed by atoms with van der Waals surface area (Å²) in [7, 11) is 0. The van der Waals surface area contributed by atoms with Crippen molar-refractivity contribution in [2.45, 2.75) is 82.6 Å². The average molecular weight is 356 g/mol. The van der Waals surface area contributed by atoms with Crippen LogP contribution in [0.3, 0.4) is 0 Å². The molecule has 2 fully saturated rings. The molecule has 1 saturated carbocycles. The quantitative estimate of drug-likeness (QED) is 0.767. The maximum Gasteiger partial charge on any atom is 0.214 e. The fraction of sp³-hybridized carbons (Fsp3) is 0.652. The van der Waals surface area contributed by atoms with Gasteiger partial charge in [0.1, 0.15) is 0 Å². The van der Waals surface area contributed by atoms with E-state index in [1.807, 2.05) is 0 Å². The number of aryl methyl sites for hydroxylation is 1. The largest absolute Gasteiger partial charge is 0.356 e. The summed E-state index contributed by atoms with van der Waals surface area (Å²) in [4.78, 5) is 0. The summed E-state index contributed by atoms with van der Waals surface area (Å²) in [5.41, 5.74) is 4.65. The lowest BCUT2D eigenvalue weighted by atomic mass is 9.80. The van der Waals surface area contributed by atoms with Crippen molar-refractivity contribution in [3.63, 3.8) is 0 Å². The normalized spacial score (nSPS) is 34.0. The molecular weight excluding hydrogens is 322 g/mol. The first kappa shape index (κ1) is 18.2. The summed E-state index contributed by atoms with van der Waals surface area (Å²) in [5, 5.41) is 12.9. The lowest BCUT2D eigenvalue weighted by Gasteiger charge is -2.26. The lowest BCUT2D eigenvalue weighted by molar-refractivity contribution is -0.0719. The van der Waals surface area contributed by atoms with Gasteiger partial charge in [-0.2, -0.15) is 0 Å². The summed E-state index contributed by atoms with van der Waals surface area (Å²) in [5.74, 6) is 1.45. The Labute approximate surface area is 157 Å². The van der Waals surface area contributed by atoms with Gasteiger partial charge in [-0.15, -0.1) is 0 Å². The van der Waals surface area contributed by atoms with Crippen molar-refractivity contribution in [1.29, 1.82) is 0 Å². The molecule has 3 aliphatic rings. The Balaban J connectivity index is 1.37. The highest BCUT2D eigenvalue weighted by Crippen LogP contribution is 2.44. The van der Waals surface area contributed by atoms with Crippen LogP contribution in [0.5, 0.6) is 0 Å². The standard InChI is InChI=1S/C23H33NO2/c1-2-3-4-5-6-17-7-8-19-14-20(10-9-18(19)13-17)21-11-12-23(15-21)16-26-22(25)24-23/h3-4,9-10,14,17,21-22,24-25H,2,5-8,11-13,15-16H2,1H3/b4-3-/t17-,21+,22?,23?/m1/s1. The summed E-state index contributed by atoms with van der Waals surface area (Å²) in [6, 6.07) is 7.25. The number of aliphatic hydroxyl groups excluding tert-OH is 1. The molecule has 4 atom stereocenters. The second-order valence-corrected chi connectivity index (χ2v) is 8.62. The van der Waals surface area contributed by atoms with Gasteiger partial charge in [-0.25, -0.2) is 0 Å². The SMILES string of the molecule is CC/C=C\CC[C@@H]1CCc2cc([C@H]3CCC4(COC(O)N4)C3)ccc2C1. The first-order valence-electron chi connectivity index (χ1n) is 10.5. The van der Waals surface area contributed by atoms with Crippen LogP contribution < -0.4 is 5.32 Å². The molecule has 0 bridgehead atoms. The van der Waals surface area contributed by atoms with Gasteiger partial charge in [-0.3, -0.25) is 5.32 Å². The van der Waals surface area contributed by atoms with E-state index in [-0.39, 0.29) is 5.54 Å². The maximum absolute atomic E-state index is 9.65. The highest BCUT2D eigenvalue weighted by Gasteiger charge is 2.45. The highest BCUT2D eigenvalue weighted by atomic mass is 16.6. The Morgan fingerprint density at radius 2 is 2.19 bits per heavy atom. The maximum atomic E-state index is 9.65. The Morgan fingerprint density at radius 1 is 1.27 bits per heavy atom. The van der Waals surface area contributed by atoms with Crippen LogP contribution >= 0.6 is 0 Å². The Morgan fingerprint density at radius 3 is 3.00 bits per heavy atom. The fourth-order valence-corrected chi connectivity index (χ4v) is 5.22. The second-order valence-electron chi connectivity index (χ2n) is 8.62. The number of hydrogen-bond acceptors (Lipinski definition) is 3. The van der Waals surface area contributed by atoms with E-state index in [0.29, 0.717) is 12.5 Å². The second kappa shape index (κ2) is 7.84. The zero-order valence-electron chi connectivity index (χ0n) is 16.0. The van der Waals surface area contributed by atoms with Crippen molar-refractivity contribution >= 4 is 0 Å². The first-order valence-corrected chi connectivity index (χ1v) is 10.5. The van der Waals surface area contributed by atoms with Gasteiger partial charge in [0.2, 0.25) is 6.41 Å². The number of benzene rings is 1. The van der Waals surface area contributed by atoms with E-state index in [1.165, 1.54) is 44.1 Å². The predicted molar refractivity (Wildman–Crippen MR) is 105 cm³/mol. The Kier molecular flexibility index (Phi) is 5.49. The van der Waals surface area contributed by atoms with Gasteiger partial charge in [0.25, 0.3) is 0 Å². The van der Waals surface area contributed by atoms with Crippen LogP contribution in [0.2, 0.25) is 0 Å². The van der Waals surface area contributed by atoms with Gasteiger partial charge in [0, 0.05) is 5.54 Å². The van der Waals surface area contributed by atoms with Crippen LogP contribution in [-0.2, 0) is 17.6 Å². The smallest absolute Gasteiger partial charge is 0.214 e. The van der Waals surface area contributed by atoms with Crippen molar-refractivity contribution in [2.75, 3.05) is 6.61 Å². The molecule has 1 aromatic rings. The number of aliphatic hydroxyl groups is 1. The van der Waals surface area contributed by atoms with Gasteiger partial charge in [-0.05, 0) is 86.3 Å². The van der Waals surface area contributed by atoms with Crippen molar-refractivity contribution < 1.29 is 9.84 Å². The van der Waals surface area contributed by atoms with Crippen LogP contribution in [0.15, 0.2) is 30.4 Å². The number of fused-ring (bicyclic) bond motifs is 1. The molecular formula is C23H33NO2. The molecule has 1 aromatic carbocycles. The van der Waals surface area contributed by atoms with Crippen LogP contribution in [0.4, 0.5) is 0 Å². The average Bonchev–Trinajstić information content (AvgIpc) is 3.24. The van der Waals surface area contributed by atoms with E-state index in [9.17, 15) is 5.11 Å². The minimum Gasteiger partial charge on any atom is -0.356 e. The van der Waals surface area contributed by atoms with Crippen LogP contribution in [0.1, 0.15) is 74.5 Å². The summed E-state index contributed by atoms with van der Waals surface area (Å²) in [6.45, 7) is 2.85. The van der Waals surface area contributed by atoms with Gasteiger partial charge in [0.05, 0.1) is 6.61 Å². The van der Waals surface area contributed by atoms with Crippen LogP contribution in [-0.4, -0.2) is 23.7 Å². The van der Waals surface area contributed by atoms with Crippen molar-refractivity contribution in [1.82, 2.24) is 5.32 Å². The number of hydrogen-bond donors (Lipinski definition) is 2. The topological polar surface area (TPSA) is 41.5 Å². The molecule has 3 heteroatoms. The van der Waals surface area contributed by atoms with E-state index in [1.54, 1.807) is 11.1 Å². The molecule has 3 nitrogen and oxygen atoms in total. The number of nitrogens with one attached hydrogen (secondary N) is 1. The van der Waals surface area contributed by atoms with E-state index >= 15 is 0 Å². The zero-order chi connectivity index (χ0) is 18.0. The molecule has 2 N–H and O–H groups in total. The molecule has 0 radical (unpaired) electrons. The van der Waals surface area contributed by atoms with Gasteiger partial charge >= 0.3 is 0 Å². The molecule has 0 aromatic heterocycles. The molecule has 1 spiro atoms. The number of allylic oxidation sites excluding steroid dienone is 2. The summed E-state index contributed by atoms with van der Waals surface area (Å²) >= 11 is 0. The Bertz CT molecular complexity index is 656. The molecule has 1 saturated heterocycles. The van der Waals surface area contributed by atoms with E-state index in [4.69, 9.17) is 4.74 Å². The third kappa shape index (κ3) is 3.90. The van der Waals surface area contributed by atoms with Crippen molar-refractivity contribution in [3.8, 4) is 0 Å². The fourth-order valence-electron chi connectivity index (χ4n) is 5.22. The van der Waals surface area contributed by atoms with E-state index < -0.39 is 6.41 Å². The minimum atomic E-state index is -0.776. The molecule has 1 heterocycles. The molecule has 4 rings (SSSR count). The molecule has 142 valence electrons. The van der Waals surface area contributed by atoms with Crippen LogP contribution in [0.25, 0.3) is 0 Å². The van der Waals surface area contributed by atoms with Gasteiger partial charge < -0.3 is 9.84 Å². The third-order valence-electron chi connectivity index (χ3n) is 6.73. The van der Waals surface area contributed by atoms with Gasteiger partial charge in [0.15, 0.2) is 0 Å². The zero-order valence-corrected chi connectivity index (χ0v) is 16.0. The number of ether oxygens (including phenoxy) is 1. The molecule has 26 heavy (non-hydrogen) atoms. The third-order valence-corrected chi connectivity index (χ3v) is 6.73. The molecule has 0 amide bonds. The first-order chi connectivity index (χ1) is 12.7. The summed E-state index contributed by atoms with van der Waals surface area (Å²) < 4.78 is 5.36. The number of rotatable bonds is 5. The highest BCUT2D eigenvalue weighted by molar-refractivity contribution is 5.36. The van der Waals surface area contributed by atoms with Gasteiger partial charge in [-0.1, -0.05) is 37.3 Å². The molecule has 1 aliphatic heterocycles. The Hall–Kier alpha value is -1.16. The molecule has 2 unspecified atom stereocenters. The van der Waals surface area contributed by atoms with Crippen molar-refractivity contribution in [3.05, 3.63) is 47.0 Å². The lowest BCUT2D eigenvalue weighted by Crippen LogP contribution is -2.42. The molecule has 2 aliphatic carbocycles. The summed E-state index contributed by atoms with van der Waals surface area (Å²) in [6.07, 6.45) is 14.8.